The summed E-state index contributed by atoms with van der Waals surface area (Å²) in [4.78, 5) is 24.3. The smallest absolute Gasteiger partial charge is 0.343 e. The minimum atomic E-state index is -1.14. The van der Waals surface area contributed by atoms with Crippen molar-refractivity contribution in [1.29, 1.82) is 0 Å². The third kappa shape index (κ3) is 2.73. The zero-order valence-electron chi connectivity index (χ0n) is 17.2. The fourth-order valence-corrected chi connectivity index (χ4v) is 4.67. The monoisotopic (exact) mass is 426 g/mol. The van der Waals surface area contributed by atoms with E-state index in [1.807, 2.05) is 54.6 Å². The molecule has 0 spiro atoms. The number of carbonyl (C=O) groups is 1. The second kappa shape index (κ2) is 6.72. The first-order valence-corrected chi connectivity index (χ1v) is 10.4. The van der Waals surface area contributed by atoms with Crippen LogP contribution in [0.4, 0.5) is 0 Å². The topological polar surface area (TPSA) is 75.0 Å². The average molecular weight is 426 g/mol. The first kappa shape index (κ1) is 18.7. The third-order valence-corrected chi connectivity index (χ3v) is 6.01. The number of fused-ring (bicyclic) bond motifs is 8. The number of esters is 1. The van der Waals surface area contributed by atoms with Crippen LogP contribution in [-0.4, -0.2) is 5.97 Å². The summed E-state index contributed by atoms with van der Waals surface area (Å²) in [7, 11) is 0. The van der Waals surface area contributed by atoms with Crippen LogP contribution >= 0.6 is 0 Å². The molecular formula is C26H18O6. The Morgan fingerprint density at radius 2 is 1.72 bits per heavy atom. The molecule has 2 aliphatic rings. The number of para-hydroxylation sites is 2. The average Bonchev–Trinajstić information content (AvgIpc) is 2.79. The van der Waals surface area contributed by atoms with Crippen molar-refractivity contribution in [3.8, 4) is 17.2 Å². The standard InChI is InChI=1S/C26H18O6/c1-15(27)29-17-12-10-16(11-13-17)26-14-20(18-6-2-5-9-22(18)31-26)23-24(32-26)19-7-3-4-8-21(19)30-25(23)28/h2-13,20H,14H2,1H3. The molecule has 6 nitrogen and oxygen atoms in total. The summed E-state index contributed by atoms with van der Waals surface area (Å²) in [5, 5.41) is 0.718. The number of hydrogen-bond donors (Lipinski definition) is 0. The first-order valence-electron chi connectivity index (χ1n) is 10.4. The molecule has 6 heteroatoms. The van der Waals surface area contributed by atoms with Gasteiger partial charge in [-0.15, -0.1) is 0 Å². The van der Waals surface area contributed by atoms with Crippen molar-refractivity contribution in [1.82, 2.24) is 0 Å². The molecule has 0 N–H and O–H groups in total. The van der Waals surface area contributed by atoms with Gasteiger partial charge in [-0.2, -0.15) is 0 Å². The summed E-state index contributed by atoms with van der Waals surface area (Å²) in [6.07, 6.45) is 0.410. The summed E-state index contributed by atoms with van der Waals surface area (Å²) < 4.78 is 23.8. The van der Waals surface area contributed by atoms with Crippen molar-refractivity contribution < 1.29 is 23.4 Å². The van der Waals surface area contributed by atoms with Gasteiger partial charge in [0.05, 0.1) is 10.9 Å². The van der Waals surface area contributed by atoms with E-state index in [1.165, 1.54) is 6.92 Å². The molecule has 0 radical (unpaired) electrons. The van der Waals surface area contributed by atoms with E-state index in [4.69, 9.17) is 18.6 Å². The second-order valence-electron chi connectivity index (χ2n) is 8.00. The molecule has 0 aliphatic carbocycles. The van der Waals surface area contributed by atoms with Crippen molar-refractivity contribution in [2.75, 3.05) is 0 Å². The molecule has 2 atom stereocenters. The van der Waals surface area contributed by atoms with Crippen LogP contribution in [0.15, 0.2) is 82.0 Å². The molecule has 2 aliphatic heterocycles. The van der Waals surface area contributed by atoms with E-state index >= 15 is 0 Å². The van der Waals surface area contributed by atoms with Crippen LogP contribution < -0.4 is 19.8 Å². The Bertz CT molecular complexity index is 1440. The zero-order valence-corrected chi connectivity index (χ0v) is 17.2. The van der Waals surface area contributed by atoms with Gasteiger partial charge in [0.2, 0.25) is 0 Å². The summed E-state index contributed by atoms with van der Waals surface area (Å²) >= 11 is 0. The van der Waals surface area contributed by atoms with Gasteiger partial charge in [0.25, 0.3) is 5.79 Å². The highest BCUT2D eigenvalue weighted by Gasteiger charge is 2.51. The Balaban J connectivity index is 1.59. The fourth-order valence-electron chi connectivity index (χ4n) is 4.67. The van der Waals surface area contributed by atoms with E-state index in [0.717, 1.165) is 16.5 Å². The molecule has 0 saturated carbocycles. The Labute approximate surface area is 183 Å². The molecule has 158 valence electrons. The van der Waals surface area contributed by atoms with Crippen molar-refractivity contribution in [3.63, 3.8) is 0 Å². The van der Waals surface area contributed by atoms with Crippen LogP contribution in [0.1, 0.15) is 36.0 Å². The number of hydrogen-bond acceptors (Lipinski definition) is 6. The first-order chi connectivity index (χ1) is 15.5. The van der Waals surface area contributed by atoms with Crippen molar-refractivity contribution in [2.24, 2.45) is 0 Å². The van der Waals surface area contributed by atoms with Crippen LogP contribution in [0.3, 0.4) is 0 Å². The van der Waals surface area contributed by atoms with E-state index in [2.05, 4.69) is 0 Å². The summed E-state index contributed by atoms with van der Waals surface area (Å²) in [6.45, 7) is 1.36. The van der Waals surface area contributed by atoms with Crippen LogP contribution in [0.25, 0.3) is 11.0 Å². The Morgan fingerprint density at radius 1 is 0.969 bits per heavy atom. The van der Waals surface area contributed by atoms with Crippen molar-refractivity contribution in [3.05, 3.63) is 99.9 Å². The van der Waals surface area contributed by atoms with Crippen LogP contribution in [0, 0.1) is 0 Å². The highest BCUT2D eigenvalue weighted by molar-refractivity contribution is 5.85. The maximum Gasteiger partial charge on any atom is 0.343 e. The predicted octanol–water partition coefficient (Wildman–Crippen LogP) is 4.88. The highest BCUT2D eigenvalue weighted by Crippen LogP contribution is 2.55. The maximum absolute atomic E-state index is 13.0. The van der Waals surface area contributed by atoms with Gasteiger partial charge in [0.1, 0.15) is 22.8 Å². The maximum atomic E-state index is 13.0. The summed E-state index contributed by atoms with van der Waals surface area (Å²) in [5.41, 5.74) is 2.25. The van der Waals surface area contributed by atoms with Gasteiger partial charge >= 0.3 is 11.6 Å². The van der Waals surface area contributed by atoms with Crippen molar-refractivity contribution >= 4 is 16.9 Å². The lowest BCUT2D eigenvalue weighted by molar-refractivity contribution is -0.148. The molecule has 3 heterocycles. The number of carbonyl (C=O) groups excluding carboxylic acids is 1. The van der Waals surface area contributed by atoms with Crippen LogP contribution in [0.5, 0.6) is 17.2 Å². The van der Waals surface area contributed by atoms with Gasteiger partial charge in [-0.25, -0.2) is 4.79 Å². The molecule has 0 fully saturated rings. The third-order valence-electron chi connectivity index (χ3n) is 6.01. The number of rotatable bonds is 2. The molecule has 32 heavy (non-hydrogen) atoms. The van der Waals surface area contributed by atoms with Gasteiger partial charge in [-0.05, 0) is 42.5 Å². The summed E-state index contributed by atoms with van der Waals surface area (Å²) in [6, 6.07) is 22.1. The Morgan fingerprint density at radius 3 is 2.53 bits per heavy atom. The van der Waals surface area contributed by atoms with Crippen LogP contribution in [0.2, 0.25) is 0 Å². The minimum Gasteiger partial charge on any atom is -0.448 e. The summed E-state index contributed by atoms with van der Waals surface area (Å²) in [5.74, 6) is -0.208. The van der Waals surface area contributed by atoms with Gasteiger partial charge in [-0.3, -0.25) is 4.79 Å². The molecular weight excluding hydrogens is 408 g/mol. The highest BCUT2D eigenvalue weighted by atomic mass is 16.7. The van der Waals surface area contributed by atoms with E-state index in [1.54, 1.807) is 18.2 Å². The van der Waals surface area contributed by atoms with Gasteiger partial charge in [0, 0.05) is 30.4 Å². The largest absolute Gasteiger partial charge is 0.448 e. The van der Waals surface area contributed by atoms with E-state index in [0.29, 0.717) is 34.8 Å². The lowest BCUT2D eigenvalue weighted by Crippen LogP contribution is -2.48. The lowest BCUT2D eigenvalue weighted by Gasteiger charge is -2.46. The minimum absolute atomic E-state index is 0.252. The predicted molar refractivity (Wildman–Crippen MR) is 116 cm³/mol. The Kier molecular flexibility index (Phi) is 3.92. The van der Waals surface area contributed by atoms with E-state index < -0.39 is 11.4 Å². The quantitative estimate of drug-likeness (QED) is 0.258. The molecule has 0 saturated heterocycles. The Hall–Kier alpha value is -4.06. The van der Waals surface area contributed by atoms with Gasteiger partial charge in [0.15, 0.2) is 0 Å². The van der Waals surface area contributed by atoms with E-state index in [9.17, 15) is 9.59 Å². The fraction of sp³-hybridized carbons (Fsp3) is 0.154. The molecule has 4 aromatic rings. The van der Waals surface area contributed by atoms with E-state index in [-0.39, 0.29) is 11.9 Å². The number of benzene rings is 3. The molecule has 1 aromatic heterocycles. The molecule has 6 rings (SSSR count). The SMILES string of the molecule is CC(=O)Oc1ccc(C23CC(c4ccccc4O2)c2c(c4ccccc4oc2=O)O3)cc1. The van der Waals surface area contributed by atoms with Gasteiger partial charge in [-0.1, -0.05) is 30.3 Å². The second-order valence-corrected chi connectivity index (χ2v) is 8.00. The van der Waals surface area contributed by atoms with Gasteiger partial charge < -0.3 is 18.6 Å². The normalized spacial score (nSPS) is 20.5. The molecule has 0 amide bonds. The lowest BCUT2D eigenvalue weighted by atomic mass is 9.78. The zero-order chi connectivity index (χ0) is 21.9. The molecule has 2 unspecified atom stereocenters. The molecule has 2 bridgehead atoms. The van der Waals surface area contributed by atoms with Crippen molar-refractivity contribution in [2.45, 2.75) is 25.0 Å². The van der Waals surface area contributed by atoms with Crippen LogP contribution in [-0.2, 0) is 10.6 Å². The number of ether oxygens (including phenoxy) is 3. The molecule has 3 aromatic carbocycles.